The molecule has 0 aromatic rings. The molecule has 0 radical (unpaired) electrons. The van der Waals surface area contributed by atoms with Crippen molar-refractivity contribution in [1.29, 1.82) is 0 Å². The maximum absolute atomic E-state index is 12.2. The summed E-state index contributed by atoms with van der Waals surface area (Å²) >= 11 is 0. The molecular formula is C25H39O10P. The summed E-state index contributed by atoms with van der Waals surface area (Å²) in [6.07, 6.45) is 14.9. The maximum atomic E-state index is 12.2. The highest BCUT2D eigenvalue weighted by atomic mass is 31.2. The summed E-state index contributed by atoms with van der Waals surface area (Å²) in [5, 5.41) is 10.1. The van der Waals surface area contributed by atoms with E-state index < -0.39 is 38.6 Å². The summed E-state index contributed by atoms with van der Waals surface area (Å²) in [6, 6.07) is 0. The minimum atomic E-state index is -4.75. The zero-order chi connectivity index (χ0) is 27.0. The van der Waals surface area contributed by atoms with E-state index in [0.717, 1.165) is 26.2 Å². The van der Waals surface area contributed by atoms with E-state index in [0.29, 0.717) is 25.7 Å². The number of hydrogen-bond acceptors (Lipinski definition) is 8. The second-order valence-corrected chi connectivity index (χ2v) is 9.94. The number of phosphoric acid groups is 1. The van der Waals surface area contributed by atoms with E-state index in [1.165, 1.54) is 0 Å². The lowest BCUT2D eigenvalue weighted by Crippen LogP contribution is -2.28. The van der Waals surface area contributed by atoms with Gasteiger partial charge in [0.2, 0.25) is 0 Å². The summed E-state index contributed by atoms with van der Waals surface area (Å²) in [5.41, 5.74) is 0. The molecule has 36 heavy (non-hydrogen) atoms. The molecule has 0 spiro atoms. The molecule has 3 N–H and O–H groups in total. The van der Waals surface area contributed by atoms with Gasteiger partial charge in [-0.15, -0.1) is 0 Å². The van der Waals surface area contributed by atoms with Gasteiger partial charge in [0.05, 0.1) is 12.7 Å². The molecule has 0 aromatic heterocycles. The van der Waals surface area contributed by atoms with Crippen LogP contribution >= 0.6 is 7.82 Å². The van der Waals surface area contributed by atoms with Gasteiger partial charge in [0.1, 0.15) is 6.61 Å². The van der Waals surface area contributed by atoms with E-state index in [2.05, 4.69) is 11.4 Å². The summed E-state index contributed by atoms with van der Waals surface area (Å²) < 4.78 is 24.9. The van der Waals surface area contributed by atoms with Gasteiger partial charge in [0, 0.05) is 19.3 Å². The van der Waals surface area contributed by atoms with Gasteiger partial charge in [-0.1, -0.05) is 56.6 Å². The van der Waals surface area contributed by atoms with Crippen molar-refractivity contribution < 1.29 is 47.8 Å². The Hall–Kier alpha value is -2.10. The van der Waals surface area contributed by atoms with Crippen molar-refractivity contribution in [3.63, 3.8) is 0 Å². The lowest BCUT2D eigenvalue weighted by Gasteiger charge is -2.17. The highest BCUT2D eigenvalue weighted by Gasteiger charge is 2.27. The summed E-state index contributed by atoms with van der Waals surface area (Å²) in [4.78, 5) is 52.6. The van der Waals surface area contributed by atoms with Crippen molar-refractivity contribution in [2.75, 3.05) is 13.2 Å². The Labute approximate surface area is 212 Å². The van der Waals surface area contributed by atoms with Crippen molar-refractivity contribution in [1.82, 2.24) is 0 Å². The fourth-order valence-corrected chi connectivity index (χ4v) is 3.96. The van der Waals surface area contributed by atoms with Crippen LogP contribution in [0.5, 0.6) is 0 Å². The molecule has 204 valence electrons. The second kappa shape index (κ2) is 17.4. The number of aliphatic hydroxyl groups excluding tert-OH is 1. The van der Waals surface area contributed by atoms with Gasteiger partial charge in [-0.05, 0) is 37.7 Å². The van der Waals surface area contributed by atoms with Crippen LogP contribution in [0.25, 0.3) is 0 Å². The molecule has 11 heteroatoms. The first-order valence-corrected chi connectivity index (χ1v) is 13.8. The smallest absolute Gasteiger partial charge is 0.462 e. The minimum absolute atomic E-state index is 0.0337. The zero-order valence-electron chi connectivity index (χ0n) is 21.0. The maximum Gasteiger partial charge on any atom is 0.469 e. The Morgan fingerprint density at radius 3 is 2.58 bits per heavy atom. The molecule has 0 heterocycles. The SMILES string of the molecule is CCCCC[C@H](O)/C=C/[C@H]1C(=O)C=C[C@@H]1C/C=C\CCCC(=O)OC[C@H](COP(=O)(O)O)OC(C)=O. The summed E-state index contributed by atoms with van der Waals surface area (Å²) in [7, 11) is -4.75. The molecule has 0 amide bonds. The Morgan fingerprint density at radius 2 is 1.92 bits per heavy atom. The number of ketones is 1. The molecule has 0 aliphatic heterocycles. The number of unbranched alkanes of at least 4 members (excludes halogenated alkanes) is 3. The van der Waals surface area contributed by atoms with E-state index >= 15 is 0 Å². The van der Waals surface area contributed by atoms with Gasteiger partial charge in [0.25, 0.3) is 0 Å². The fraction of sp³-hybridized carbons (Fsp3) is 0.640. The minimum Gasteiger partial charge on any atom is -0.462 e. The lowest BCUT2D eigenvalue weighted by atomic mass is 9.90. The fourth-order valence-electron chi connectivity index (χ4n) is 3.60. The predicted molar refractivity (Wildman–Crippen MR) is 133 cm³/mol. The Morgan fingerprint density at radius 1 is 1.17 bits per heavy atom. The number of hydrogen-bond donors (Lipinski definition) is 3. The quantitative estimate of drug-likeness (QED) is 0.104. The van der Waals surface area contributed by atoms with Gasteiger partial charge >= 0.3 is 19.8 Å². The van der Waals surface area contributed by atoms with Gasteiger partial charge in [0.15, 0.2) is 11.9 Å². The van der Waals surface area contributed by atoms with E-state index in [1.807, 2.05) is 24.3 Å². The molecule has 1 rings (SSSR count). The molecule has 0 aromatic carbocycles. The van der Waals surface area contributed by atoms with Crippen LogP contribution < -0.4 is 0 Å². The van der Waals surface area contributed by atoms with E-state index in [-0.39, 0.29) is 30.6 Å². The lowest BCUT2D eigenvalue weighted by molar-refractivity contribution is -0.159. The topological polar surface area (TPSA) is 157 Å². The number of aliphatic hydroxyl groups is 1. The molecule has 1 aliphatic carbocycles. The van der Waals surface area contributed by atoms with Crippen molar-refractivity contribution >= 4 is 25.5 Å². The van der Waals surface area contributed by atoms with Crippen molar-refractivity contribution in [2.24, 2.45) is 11.8 Å². The third-order valence-electron chi connectivity index (χ3n) is 5.46. The van der Waals surface area contributed by atoms with Crippen molar-refractivity contribution in [3.05, 3.63) is 36.5 Å². The monoisotopic (exact) mass is 530 g/mol. The third-order valence-corrected chi connectivity index (χ3v) is 5.95. The average molecular weight is 531 g/mol. The third kappa shape index (κ3) is 15.1. The average Bonchev–Trinajstić information content (AvgIpc) is 3.15. The van der Waals surface area contributed by atoms with Gasteiger partial charge in [-0.3, -0.25) is 18.9 Å². The molecule has 0 saturated heterocycles. The molecule has 1 aliphatic rings. The Balaban J connectivity index is 2.33. The number of ether oxygens (including phenoxy) is 2. The first kappa shape index (κ1) is 31.9. The standard InChI is InChI=1S/C25H39O10P/c1-3-4-7-11-21(27)14-15-23-20(13-16-24(23)28)10-8-5-6-9-12-25(29)33-17-22(35-19(2)26)18-34-36(30,31)32/h5,8,13-16,20-23,27H,3-4,6-7,9-12,17-18H2,1-2H3,(H2,30,31,32)/b8-5-,15-14+/t20-,21-,22+,23+/m0/s1. The zero-order valence-corrected chi connectivity index (χ0v) is 21.9. The number of phosphoric ester groups is 1. The highest BCUT2D eigenvalue weighted by molar-refractivity contribution is 7.46. The van der Waals surface area contributed by atoms with Crippen LogP contribution in [0.1, 0.15) is 65.2 Å². The predicted octanol–water partition coefficient (Wildman–Crippen LogP) is 3.56. The van der Waals surface area contributed by atoms with Crippen LogP contribution in [-0.4, -0.2) is 58.0 Å². The summed E-state index contributed by atoms with van der Waals surface area (Å²) in [6.45, 7) is 2.24. The highest BCUT2D eigenvalue weighted by Crippen LogP contribution is 2.35. The first-order chi connectivity index (χ1) is 17.0. The van der Waals surface area contributed by atoms with Crippen LogP contribution in [0.2, 0.25) is 0 Å². The van der Waals surface area contributed by atoms with Crippen LogP contribution in [-0.2, 0) is 32.9 Å². The van der Waals surface area contributed by atoms with Crippen LogP contribution in [0, 0.1) is 11.8 Å². The number of allylic oxidation sites excluding steroid dienone is 5. The number of esters is 2. The Kier molecular flexibility index (Phi) is 15.4. The molecular weight excluding hydrogens is 491 g/mol. The van der Waals surface area contributed by atoms with Crippen molar-refractivity contribution in [2.45, 2.75) is 77.4 Å². The first-order valence-electron chi connectivity index (χ1n) is 12.3. The van der Waals surface area contributed by atoms with Gasteiger partial charge < -0.3 is 24.4 Å². The van der Waals surface area contributed by atoms with Crippen LogP contribution in [0.15, 0.2) is 36.5 Å². The molecule has 4 atom stereocenters. The largest absolute Gasteiger partial charge is 0.469 e. The summed E-state index contributed by atoms with van der Waals surface area (Å²) in [5.74, 6) is -1.44. The van der Waals surface area contributed by atoms with Crippen LogP contribution in [0.3, 0.4) is 0 Å². The molecule has 10 nitrogen and oxygen atoms in total. The normalized spacial score (nSPS) is 19.8. The van der Waals surface area contributed by atoms with Crippen molar-refractivity contribution in [3.8, 4) is 0 Å². The number of carbonyl (C=O) groups excluding carboxylic acids is 3. The molecule has 0 fully saturated rings. The molecule has 0 bridgehead atoms. The second-order valence-electron chi connectivity index (χ2n) is 8.70. The van der Waals surface area contributed by atoms with Gasteiger partial charge in [-0.25, -0.2) is 4.57 Å². The van der Waals surface area contributed by atoms with E-state index in [1.54, 1.807) is 12.2 Å². The molecule has 0 unspecified atom stereocenters. The number of carbonyl (C=O) groups is 3. The number of rotatable bonds is 18. The molecule has 0 saturated carbocycles. The van der Waals surface area contributed by atoms with E-state index in [9.17, 15) is 24.1 Å². The van der Waals surface area contributed by atoms with Gasteiger partial charge in [-0.2, -0.15) is 0 Å². The van der Waals surface area contributed by atoms with Crippen LogP contribution in [0.4, 0.5) is 0 Å². The Bertz CT molecular complexity index is 829. The van der Waals surface area contributed by atoms with E-state index in [4.69, 9.17) is 19.3 Å².